The van der Waals surface area contributed by atoms with Crippen molar-refractivity contribution in [1.29, 1.82) is 0 Å². The number of rotatable bonds is 5. The molecule has 0 aromatic heterocycles. The fourth-order valence-corrected chi connectivity index (χ4v) is 3.56. The Balaban J connectivity index is 1.89. The first-order chi connectivity index (χ1) is 12.2. The van der Waals surface area contributed by atoms with E-state index in [2.05, 4.69) is 0 Å². The third-order valence-electron chi connectivity index (χ3n) is 5.15. The van der Waals surface area contributed by atoms with Crippen molar-refractivity contribution in [2.75, 3.05) is 0 Å². The van der Waals surface area contributed by atoms with Gasteiger partial charge in [-0.25, -0.2) is 13.2 Å². The molecule has 1 aliphatic carbocycles. The van der Waals surface area contributed by atoms with Crippen LogP contribution in [0.3, 0.4) is 0 Å². The van der Waals surface area contributed by atoms with Crippen molar-refractivity contribution in [3.63, 3.8) is 0 Å². The van der Waals surface area contributed by atoms with Crippen molar-refractivity contribution in [3.05, 3.63) is 71.5 Å². The largest absolute Gasteiger partial charge is 0.460 e. The average molecular weight is 363 g/mol. The summed E-state index contributed by atoms with van der Waals surface area (Å²) < 4.78 is 47.1. The Labute approximate surface area is 150 Å². The zero-order chi connectivity index (χ0) is 19.0. The molecular weight excluding hydrogens is 343 g/mol. The van der Waals surface area contributed by atoms with E-state index in [0.29, 0.717) is 0 Å². The SMILES string of the molecule is C[C@@](N)(c1ccccc1F)C1(C(=O)OCc2ccccc2)CC(F)(F)C1. The van der Waals surface area contributed by atoms with Gasteiger partial charge in [0.2, 0.25) is 0 Å². The molecule has 1 saturated carbocycles. The Hall–Kier alpha value is -2.34. The molecule has 26 heavy (non-hydrogen) atoms. The van der Waals surface area contributed by atoms with Crippen molar-refractivity contribution in [1.82, 2.24) is 0 Å². The third-order valence-corrected chi connectivity index (χ3v) is 5.15. The standard InChI is InChI=1S/C20H20F3NO2/c1-18(24,15-9-5-6-10-16(15)21)19(12-20(22,23)13-19)17(25)26-11-14-7-3-2-4-8-14/h2-10H,11-13,24H2,1H3/t18-/m1/s1. The predicted molar refractivity (Wildman–Crippen MR) is 90.8 cm³/mol. The highest BCUT2D eigenvalue weighted by Crippen LogP contribution is 2.60. The lowest BCUT2D eigenvalue weighted by atomic mass is 9.54. The van der Waals surface area contributed by atoms with Crippen molar-refractivity contribution < 1.29 is 22.7 Å². The second kappa shape index (κ2) is 6.43. The molecule has 6 heteroatoms. The highest BCUT2D eigenvalue weighted by Gasteiger charge is 2.69. The van der Waals surface area contributed by atoms with Gasteiger partial charge in [-0.3, -0.25) is 4.79 Å². The van der Waals surface area contributed by atoms with Gasteiger partial charge in [0, 0.05) is 18.4 Å². The molecule has 1 aliphatic rings. The summed E-state index contributed by atoms with van der Waals surface area (Å²) in [6, 6.07) is 14.5. The van der Waals surface area contributed by atoms with Gasteiger partial charge < -0.3 is 10.5 Å². The first kappa shape index (κ1) is 18.5. The summed E-state index contributed by atoms with van der Waals surface area (Å²) in [6.07, 6.45) is -1.54. The van der Waals surface area contributed by atoms with Crippen molar-refractivity contribution in [2.45, 2.75) is 37.8 Å². The number of nitrogens with two attached hydrogens (primary N) is 1. The van der Waals surface area contributed by atoms with Crippen molar-refractivity contribution in [3.8, 4) is 0 Å². The molecule has 0 unspecified atom stereocenters. The number of esters is 1. The molecule has 2 aromatic rings. The molecule has 3 nitrogen and oxygen atoms in total. The number of benzene rings is 2. The van der Waals surface area contributed by atoms with Gasteiger partial charge >= 0.3 is 5.97 Å². The average Bonchev–Trinajstić information content (AvgIpc) is 2.58. The molecule has 3 rings (SSSR count). The molecule has 1 fully saturated rings. The number of alkyl halides is 2. The maximum Gasteiger partial charge on any atom is 0.315 e. The molecule has 0 saturated heterocycles. The van der Waals surface area contributed by atoms with Crippen LogP contribution in [0.2, 0.25) is 0 Å². The second-order valence-corrected chi connectivity index (χ2v) is 7.04. The van der Waals surface area contributed by atoms with E-state index >= 15 is 0 Å². The maximum atomic E-state index is 14.3. The molecule has 0 heterocycles. The van der Waals surface area contributed by atoms with Crippen LogP contribution in [-0.4, -0.2) is 11.9 Å². The summed E-state index contributed by atoms with van der Waals surface area (Å²) in [5, 5.41) is 0. The van der Waals surface area contributed by atoms with Gasteiger partial charge in [0.05, 0.1) is 5.54 Å². The van der Waals surface area contributed by atoms with Gasteiger partial charge in [0.15, 0.2) is 0 Å². The highest BCUT2D eigenvalue weighted by molar-refractivity contribution is 5.81. The molecule has 0 spiro atoms. The van der Waals surface area contributed by atoms with Crippen LogP contribution in [0.5, 0.6) is 0 Å². The summed E-state index contributed by atoms with van der Waals surface area (Å²) >= 11 is 0. The maximum absolute atomic E-state index is 14.3. The van der Waals surface area contributed by atoms with E-state index < -0.39 is 41.5 Å². The normalized spacial score (nSPS) is 19.9. The van der Waals surface area contributed by atoms with E-state index in [1.807, 2.05) is 6.07 Å². The third kappa shape index (κ3) is 3.09. The lowest BCUT2D eigenvalue weighted by molar-refractivity contribution is -0.216. The first-order valence-electron chi connectivity index (χ1n) is 8.31. The zero-order valence-electron chi connectivity index (χ0n) is 14.3. The minimum atomic E-state index is -3.03. The van der Waals surface area contributed by atoms with Gasteiger partial charge in [-0.15, -0.1) is 0 Å². The number of ether oxygens (including phenoxy) is 1. The van der Waals surface area contributed by atoms with Crippen LogP contribution in [-0.2, 0) is 21.7 Å². The fourth-order valence-electron chi connectivity index (χ4n) is 3.56. The molecule has 138 valence electrons. The summed E-state index contributed by atoms with van der Waals surface area (Å²) in [5.74, 6) is -4.50. The second-order valence-electron chi connectivity index (χ2n) is 7.04. The van der Waals surface area contributed by atoms with Crippen LogP contribution in [0.1, 0.15) is 30.9 Å². The van der Waals surface area contributed by atoms with Crippen molar-refractivity contribution in [2.24, 2.45) is 11.1 Å². The van der Waals surface area contributed by atoms with Gasteiger partial charge in [-0.2, -0.15) is 0 Å². The molecule has 0 aliphatic heterocycles. The zero-order valence-corrected chi connectivity index (χ0v) is 14.3. The summed E-state index contributed by atoms with van der Waals surface area (Å²) in [5.41, 5.74) is 3.73. The van der Waals surface area contributed by atoms with Gasteiger partial charge in [-0.05, 0) is 18.6 Å². The lowest BCUT2D eigenvalue weighted by Gasteiger charge is -2.53. The van der Waals surface area contributed by atoms with Crippen LogP contribution in [0, 0.1) is 11.2 Å². The summed E-state index contributed by atoms with van der Waals surface area (Å²) in [7, 11) is 0. The van der Waals surface area contributed by atoms with Gasteiger partial charge in [-0.1, -0.05) is 48.5 Å². The Bertz CT molecular complexity index is 798. The van der Waals surface area contributed by atoms with Crippen LogP contribution in [0.4, 0.5) is 13.2 Å². The molecule has 0 bridgehead atoms. The molecule has 2 N–H and O–H groups in total. The number of carbonyl (C=O) groups is 1. The Morgan fingerprint density at radius 3 is 2.27 bits per heavy atom. The minimum absolute atomic E-state index is 0.0205. The van der Waals surface area contributed by atoms with E-state index in [1.54, 1.807) is 30.3 Å². The number of hydrogen-bond acceptors (Lipinski definition) is 3. The van der Waals surface area contributed by atoms with E-state index in [0.717, 1.165) is 5.56 Å². The minimum Gasteiger partial charge on any atom is -0.460 e. The predicted octanol–water partition coefficient (Wildman–Crippen LogP) is 4.16. The summed E-state index contributed by atoms with van der Waals surface area (Å²) in [4.78, 5) is 12.8. The topological polar surface area (TPSA) is 52.3 Å². The Morgan fingerprint density at radius 1 is 1.12 bits per heavy atom. The molecule has 0 radical (unpaired) electrons. The van der Waals surface area contributed by atoms with Crippen LogP contribution < -0.4 is 5.73 Å². The van der Waals surface area contributed by atoms with Crippen molar-refractivity contribution >= 4 is 5.97 Å². The van der Waals surface area contributed by atoms with E-state index in [1.165, 1.54) is 25.1 Å². The number of halogens is 3. The molecule has 0 amide bonds. The van der Waals surface area contributed by atoms with Gasteiger partial charge in [0.25, 0.3) is 5.92 Å². The smallest absolute Gasteiger partial charge is 0.315 e. The lowest BCUT2D eigenvalue weighted by Crippen LogP contribution is -2.65. The quantitative estimate of drug-likeness (QED) is 0.812. The Morgan fingerprint density at radius 2 is 1.69 bits per heavy atom. The van der Waals surface area contributed by atoms with E-state index in [-0.39, 0.29) is 12.2 Å². The van der Waals surface area contributed by atoms with Crippen LogP contribution >= 0.6 is 0 Å². The number of carbonyl (C=O) groups excluding carboxylic acids is 1. The van der Waals surface area contributed by atoms with Gasteiger partial charge in [0.1, 0.15) is 17.8 Å². The van der Waals surface area contributed by atoms with E-state index in [4.69, 9.17) is 10.5 Å². The van der Waals surface area contributed by atoms with Crippen LogP contribution in [0.15, 0.2) is 54.6 Å². The molecule has 2 aromatic carbocycles. The number of hydrogen-bond donors (Lipinski definition) is 1. The van der Waals surface area contributed by atoms with E-state index in [9.17, 15) is 18.0 Å². The summed E-state index contributed by atoms with van der Waals surface area (Å²) in [6.45, 7) is 1.35. The Kier molecular flexibility index (Phi) is 4.56. The van der Waals surface area contributed by atoms with Crippen LogP contribution in [0.25, 0.3) is 0 Å². The first-order valence-corrected chi connectivity index (χ1v) is 8.31. The monoisotopic (exact) mass is 363 g/mol. The highest BCUT2D eigenvalue weighted by atomic mass is 19.3. The molecule has 1 atom stereocenters. The fraction of sp³-hybridized carbons (Fsp3) is 0.350. The molecular formula is C20H20F3NO2.